The average molecular weight is 1000 g/mol. The number of rotatable bonds is 32. The smallest absolute Gasteiger partial charge is 0.549 e. The molecule has 1 atom stereocenters. The van der Waals surface area contributed by atoms with Crippen LogP contribution in [0.15, 0.2) is 18.2 Å². The van der Waals surface area contributed by atoms with Crippen LogP contribution < -0.4 is 24.8 Å². The molecule has 1 fully saturated rings. The molecule has 1 aromatic rings. The van der Waals surface area contributed by atoms with Gasteiger partial charge in [0.15, 0.2) is 0 Å². The van der Waals surface area contributed by atoms with Gasteiger partial charge in [-0.2, -0.15) is 0 Å². The Morgan fingerprint density at radius 1 is 0.567 bits per heavy atom. The van der Waals surface area contributed by atoms with Crippen molar-refractivity contribution < 1.29 is 117 Å². The standard InChI is InChI=1S/C39H66N4O16.Gd/c1-3-52-15-17-54-19-21-56-23-25-58-33-6-5-32(35(28-33)59-26-24-57-22-20-55-18-16-53-4-2)27-34(39(50)51)43-13-11-41(30-37(46)47)9-7-40(29-36(44)45)8-10-42(12-14-43)31-38(48)49;/h5-6,28,34H,3-4,7-27,29-31H2,1-2H3,(H,44,45)(H,46,47)(H,48,49)(H,50,51);/q;+3/p-3/t34-;/m0./s1. The van der Waals surface area contributed by atoms with Gasteiger partial charge in [0.05, 0.1) is 84.0 Å². The molecule has 1 heterocycles. The van der Waals surface area contributed by atoms with E-state index in [1.165, 1.54) is 4.90 Å². The van der Waals surface area contributed by atoms with Crippen molar-refractivity contribution in [2.75, 3.05) is 164 Å². The quantitative estimate of drug-likeness (QED) is 0.0678. The van der Waals surface area contributed by atoms with Crippen molar-refractivity contribution in [2.45, 2.75) is 26.3 Å². The van der Waals surface area contributed by atoms with Crippen molar-refractivity contribution in [3.05, 3.63) is 23.8 Å². The number of ether oxygens (including phenoxy) is 8. The molecular weight excluding hydrogens is 938 g/mol. The zero-order valence-corrected chi connectivity index (χ0v) is 37.2. The minimum Gasteiger partial charge on any atom is -0.549 e. The molecule has 1 aromatic carbocycles. The molecule has 2 rings (SSSR count). The number of carbonyl (C=O) groups is 4. The molecule has 21 heteroatoms. The van der Waals surface area contributed by atoms with E-state index in [0.29, 0.717) is 89.7 Å². The summed E-state index contributed by atoms with van der Waals surface area (Å²) < 4.78 is 44.7. The van der Waals surface area contributed by atoms with Crippen molar-refractivity contribution >= 4 is 23.9 Å². The number of hydrogen-bond donors (Lipinski definition) is 1. The first-order valence-corrected chi connectivity index (χ1v) is 20.1. The number of carboxylic acids is 4. The van der Waals surface area contributed by atoms with Crippen molar-refractivity contribution in [1.29, 1.82) is 0 Å². The van der Waals surface area contributed by atoms with Crippen LogP contribution in [0.1, 0.15) is 19.4 Å². The van der Waals surface area contributed by atoms with Gasteiger partial charge in [0.2, 0.25) is 0 Å². The number of carboxylic acid groups (broad SMARTS) is 4. The Balaban J connectivity index is 0.0000180. The van der Waals surface area contributed by atoms with Crippen molar-refractivity contribution in [3.63, 3.8) is 0 Å². The third-order valence-corrected chi connectivity index (χ3v) is 8.99. The first kappa shape index (κ1) is 55.6. The first-order valence-electron chi connectivity index (χ1n) is 20.1. The van der Waals surface area contributed by atoms with E-state index >= 15 is 0 Å². The van der Waals surface area contributed by atoms with Gasteiger partial charge in [0.25, 0.3) is 0 Å². The first-order chi connectivity index (χ1) is 28.5. The Labute approximate surface area is 384 Å². The molecule has 0 amide bonds. The van der Waals surface area contributed by atoms with Crippen LogP contribution in [0.5, 0.6) is 11.5 Å². The van der Waals surface area contributed by atoms with E-state index in [0.717, 1.165) is 0 Å². The molecule has 0 aliphatic carbocycles. The van der Waals surface area contributed by atoms with E-state index in [1.54, 1.807) is 32.9 Å². The maximum Gasteiger partial charge on any atom is 3.00 e. The van der Waals surface area contributed by atoms with Gasteiger partial charge in [0, 0.05) is 97.7 Å². The molecule has 0 bridgehead atoms. The second-order valence-electron chi connectivity index (χ2n) is 13.3. The van der Waals surface area contributed by atoms with Gasteiger partial charge in [-0.3, -0.25) is 24.4 Å². The second kappa shape index (κ2) is 35.1. The Kier molecular flexibility index (Phi) is 32.6. The van der Waals surface area contributed by atoms with E-state index in [-0.39, 0.29) is 119 Å². The summed E-state index contributed by atoms with van der Waals surface area (Å²) in [6.45, 7) is 8.89. The van der Waals surface area contributed by atoms with Crippen LogP contribution in [-0.4, -0.2) is 219 Å². The number of aliphatic carboxylic acids is 4. The Morgan fingerprint density at radius 3 is 1.32 bits per heavy atom. The number of hydrogen-bond acceptors (Lipinski definition) is 19. The summed E-state index contributed by atoms with van der Waals surface area (Å²) in [7, 11) is 0. The third-order valence-electron chi connectivity index (χ3n) is 8.99. The van der Waals surface area contributed by atoms with Gasteiger partial charge in [-0.15, -0.1) is 0 Å². The van der Waals surface area contributed by atoms with E-state index in [2.05, 4.69) is 0 Å². The Bertz CT molecular complexity index is 1300. The maximum absolute atomic E-state index is 13.0. The normalized spacial score (nSPS) is 15.6. The Morgan fingerprint density at radius 2 is 0.933 bits per heavy atom. The third kappa shape index (κ3) is 26.8. The fourth-order valence-electron chi connectivity index (χ4n) is 5.99. The molecule has 1 N–H and O–H groups in total. The van der Waals surface area contributed by atoms with E-state index < -0.39 is 49.6 Å². The van der Waals surface area contributed by atoms with Crippen LogP contribution in [0.25, 0.3) is 0 Å². The molecule has 1 aliphatic rings. The minimum atomic E-state index is -1.35. The predicted molar refractivity (Wildman–Crippen MR) is 205 cm³/mol. The summed E-state index contributed by atoms with van der Waals surface area (Å²) in [4.78, 5) is 54.0. The average Bonchev–Trinajstić information content (AvgIpc) is 3.18. The number of benzene rings is 1. The molecule has 1 radical (unpaired) electrons. The summed E-state index contributed by atoms with van der Waals surface area (Å²) >= 11 is 0. The second-order valence-corrected chi connectivity index (χ2v) is 13.3. The van der Waals surface area contributed by atoms with Gasteiger partial charge in [-0.25, -0.2) is 0 Å². The summed E-state index contributed by atoms with van der Waals surface area (Å²) in [5, 5.41) is 45.3. The van der Waals surface area contributed by atoms with Crippen LogP contribution in [0.4, 0.5) is 0 Å². The van der Waals surface area contributed by atoms with Crippen molar-refractivity contribution in [3.8, 4) is 11.5 Å². The molecule has 20 nitrogen and oxygen atoms in total. The van der Waals surface area contributed by atoms with Crippen LogP contribution in [0, 0.1) is 39.9 Å². The fourth-order valence-corrected chi connectivity index (χ4v) is 5.99. The monoisotopic (exact) mass is 1000 g/mol. The molecule has 0 unspecified atom stereocenters. The van der Waals surface area contributed by atoms with Crippen LogP contribution >= 0.6 is 0 Å². The topological polar surface area (TPSA) is 244 Å². The van der Waals surface area contributed by atoms with Crippen LogP contribution in [0.2, 0.25) is 0 Å². The molecule has 1 saturated heterocycles. The summed E-state index contributed by atoms with van der Waals surface area (Å²) in [5.74, 6) is -4.35. The molecule has 343 valence electrons. The zero-order valence-electron chi connectivity index (χ0n) is 34.9. The minimum absolute atomic E-state index is 0. The van der Waals surface area contributed by atoms with E-state index in [9.17, 15) is 39.6 Å². The van der Waals surface area contributed by atoms with E-state index in [4.69, 9.17) is 37.9 Å². The molecule has 60 heavy (non-hydrogen) atoms. The maximum atomic E-state index is 13.0. The molecule has 0 aromatic heterocycles. The van der Waals surface area contributed by atoms with Gasteiger partial charge < -0.3 is 72.7 Å². The molecular formula is C39H63GdN4O16. The van der Waals surface area contributed by atoms with Crippen LogP contribution in [0.3, 0.4) is 0 Å². The van der Waals surface area contributed by atoms with Gasteiger partial charge in [0.1, 0.15) is 30.8 Å². The fraction of sp³-hybridized carbons (Fsp3) is 0.744. The summed E-state index contributed by atoms with van der Waals surface area (Å²) in [5.41, 5.74) is 0.548. The van der Waals surface area contributed by atoms with Crippen LogP contribution in [-0.2, 0) is 54.0 Å². The number of nitrogens with zero attached hydrogens (tertiary/aromatic N) is 4. The van der Waals surface area contributed by atoms with Crippen molar-refractivity contribution in [1.82, 2.24) is 19.6 Å². The Hall–Kier alpha value is -2.38. The SMILES string of the molecule is CCOCCOCCOCCOc1ccc(C[C@@H](C(=O)O)N2CCN(CC(=O)[O-])CCN(CC(=O)[O-])CCN(CC(=O)[O-])CC2)c(OCCOCCOCCOCC)c1.[Gd+3]. The van der Waals surface area contributed by atoms with Gasteiger partial charge in [-0.1, -0.05) is 6.07 Å². The largest absolute Gasteiger partial charge is 3.00 e. The van der Waals surface area contributed by atoms with Crippen molar-refractivity contribution in [2.24, 2.45) is 0 Å². The predicted octanol–water partition coefficient (Wildman–Crippen LogP) is -3.95. The molecule has 0 spiro atoms. The molecule has 1 aliphatic heterocycles. The summed E-state index contributed by atoms with van der Waals surface area (Å²) in [6, 6.07) is 3.94. The number of carbonyl (C=O) groups excluding carboxylic acids is 3. The zero-order chi connectivity index (χ0) is 43.1. The van der Waals surface area contributed by atoms with E-state index in [1.807, 2.05) is 13.8 Å². The summed E-state index contributed by atoms with van der Waals surface area (Å²) in [6.07, 6.45) is -0.0355. The van der Waals surface area contributed by atoms with Gasteiger partial charge >= 0.3 is 45.9 Å². The molecule has 0 saturated carbocycles. The van der Waals surface area contributed by atoms with Gasteiger partial charge in [-0.05, 0) is 25.5 Å².